The average molecular weight is 611 g/mol. The number of esters is 1. The summed E-state index contributed by atoms with van der Waals surface area (Å²) < 4.78 is 59.6. The van der Waals surface area contributed by atoms with Crippen LogP contribution in [-0.2, 0) is 36.0 Å². The Balaban J connectivity index is 0.000000796. The average Bonchev–Trinajstić information content (AvgIpc) is 2.88. The van der Waals surface area contributed by atoms with Gasteiger partial charge in [-0.3, -0.25) is 4.79 Å². The van der Waals surface area contributed by atoms with E-state index < -0.39 is 33.4 Å². The Morgan fingerprint density at radius 1 is 0.780 bits per heavy atom. The SMILES string of the molecule is C.C.CC(C)(C)c1ccc([S+](c2ccccc2)c2ccccc2)cc1.CCC(C)(C)C(=O)OCC(F)(F)S(=O)(=O)[O-]. The summed E-state index contributed by atoms with van der Waals surface area (Å²) in [5, 5.41) is -4.59. The molecule has 0 aromatic heterocycles. The molecule has 0 amide bonds. The molecule has 0 aliphatic heterocycles. The van der Waals surface area contributed by atoms with Crippen molar-refractivity contribution in [3.63, 3.8) is 0 Å². The van der Waals surface area contributed by atoms with E-state index >= 15 is 0 Å². The fourth-order valence-electron chi connectivity index (χ4n) is 3.17. The second-order valence-electron chi connectivity index (χ2n) is 10.6. The third kappa shape index (κ3) is 10.9. The molecule has 3 aromatic rings. The molecule has 3 aromatic carbocycles. The quantitative estimate of drug-likeness (QED) is 0.145. The highest BCUT2D eigenvalue weighted by Gasteiger charge is 2.40. The lowest BCUT2D eigenvalue weighted by molar-refractivity contribution is -0.160. The van der Waals surface area contributed by atoms with Gasteiger partial charge < -0.3 is 9.29 Å². The summed E-state index contributed by atoms with van der Waals surface area (Å²) in [5.74, 6) is -0.974. The first-order valence-corrected chi connectivity index (χ1v) is 15.1. The van der Waals surface area contributed by atoms with Crippen LogP contribution in [0.4, 0.5) is 8.78 Å². The van der Waals surface area contributed by atoms with Crippen LogP contribution in [0.1, 0.15) is 68.4 Å². The summed E-state index contributed by atoms with van der Waals surface area (Å²) in [5.41, 5.74) is 0.574. The van der Waals surface area contributed by atoms with Gasteiger partial charge in [0.25, 0.3) is 0 Å². The number of ether oxygens (including phenoxy) is 1. The van der Waals surface area contributed by atoms with Crippen LogP contribution >= 0.6 is 0 Å². The predicted octanol–water partition coefficient (Wildman–Crippen LogP) is 8.46. The van der Waals surface area contributed by atoms with Crippen molar-refractivity contribution in [1.82, 2.24) is 0 Å². The minimum absolute atomic E-state index is 0. The Bertz CT molecular complexity index is 1260. The van der Waals surface area contributed by atoms with Crippen LogP contribution in [0.5, 0.6) is 0 Å². The largest absolute Gasteiger partial charge is 0.743 e. The standard InChI is InChI=1S/C22H23S.C8H14F2O5S.2CH4/c1-22(2,3)18-14-16-21(17-15-18)23(19-10-6-4-7-11-19)20-12-8-5-9-13-20;1-4-7(2,3)6(11)15-5-8(9,10)16(12,13)14;;/h4-17H,1-3H3;4-5H2,1-3H3,(H,12,13,14);2*1H4/q+1;;;/p-1. The van der Waals surface area contributed by atoms with Gasteiger partial charge in [-0.2, -0.15) is 8.78 Å². The molecule has 0 bridgehead atoms. The Hall–Kier alpha value is -2.75. The number of halogens is 2. The molecule has 0 atom stereocenters. The lowest BCUT2D eigenvalue weighted by Crippen LogP contribution is -2.37. The van der Waals surface area contributed by atoms with Crippen LogP contribution in [0.3, 0.4) is 0 Å². The van der Waals surface area contributed by atoms with Gasteiger partial charge >= 0.3 is 11.2 Å². The van der Waals surface area contributed by atoms with E-state index in [0.717, 1.165) is 0 Å². The van der Waals surface area contributed by atoms with Crippen molar-refractivity contribution in [2.24, 2.45) is 5.41 Å². The maximum Gasteiger partial charge on any atom is 0.367 e. The molecule has 0 aliphatic rings. The van der Waals surface area contributed by atoms with Crippen molar-refractivity contribution in [1.29, 1.82) is 0 Å². The van der Waals surface area contributed by atoms with Gasteiger partial charge in [-0.1, -0.05) is 91.1 Å². The molecule has 0 saturated carbocycles. The van der Waals surface area contributed by atoms with E-state index in [0.29, 0.717) is 6.42 Å². The number of carbonyl (C=O) groups excluding carboxylic acids is 1. The minimum atomic E-state index is -5.81. The maximum atomic E-state index is 12.6. The van der Waals surface area contributed by atoms with Gasteiger partial charge in [-0.15, -0.1) is 0 Å². The number of rotatable bonds is 8. The van der Waals surface area contributed by atoms with Gasteiger partial charge in [0.1, 0.15) is 0 Å². The molecule has 0 spiro atoms. The second kappa shape index (κ2) is 15.5. The van der Waals surface area contributed by atoms with E-state index in [1.807, 2.05) is 0 Å². The van der Waals surface area contributed by atoms with Crippen LogP contribution in [-0.4, -0.2) is 30.8 Å². The van der Waals surface area contributed by atoms with E-state index in [4.69, 9.17) is 0 Å². The summed E-state index contributed by atoms with van der Waals surface area (Å²) in [6.07, 6.45) is 0.335. The molecule has 0 N–H and O–H groups in total. The molecular weight excluding hydrogens is 566 g/mol. The number of carbonyl (C=O) groups is 1. The molecule has 228 valence electrons. The van der Waals surface area contributed by atoms with Gasteiger partial charge in [0.2, 0.25) is 0 Å². The van der Waals surface area contributed by atoms with Gasteiger partial charge in [-0.25, -0.2) is 8.42 Å². The third-order valence-electron chi connectivity index (χ3n) is 6.09. The van der Waals surface area contributed by atoms with Crippen molar-refractivity contribution in [3.8, 4) is 0 Å². The predicted molar refractivity (Wildman–Crippen MR) is 163 cm³/mol. The van der Waals surface area contributed by atoms with Gasteiger partial charge in [0.05, 0.1) is 16.3 Å². The smallest absolute Gasteiger partial charge is 0.367 e. The summed E-state index contributed by atoms with van der Waals surface area (Å²) in [7, 11) is -5.86. The molecule has 3 rings (SSSR count). The summed E-state index contributed by atoms with van der Waals surface area (Å²) >= 11 is 0. The Morgan fingerprint density at radius 2 is 1.17 bits per heavy atom. The highest BCUT2D eigenvalue weighted by atomic mass is 32.2. The van der Waals surface area contributed by atoms with Crippen LogP contribution in [0.2, 0.25) is 0 Å². The molecule has 0 heterocycles. The monoisotopic (exact) mass is 610 g/mol. The maximum absolute atomic E-state index is 12.6. The first-order valence-electron chi connectivity index (χ1n) is 12.4. The molecular formula is C32H44F2O5S2. The van der Waals surface area contributed by atoms with Crippen LogP contribution in [0, 0.1) is 5.41 Å². The molecule has 0 saturated heterocycles. The molecule has 0 fully saturated rings. The Kier molecular flexibility index (Phi) is 14.4. The number of alkyl halides is 2. The van der Waals surface area contributed by atoms with E-state index in [1.54, 1.807) is 6.92 Å². The molecule has 0 radical (unpaired) electrons. The molecule has 0 aliphatic carbocycles. The summed E-state index contributed by atoms with van der Waals surface area (Å²) in [6.45, 7) is 9.59. The first kappa shape index (κ1) is 38.2. The Morgan fingerprint density at radius 3 is 1.51 bits per heavy atom. The van der Waals surface area contributed by atoms with E-state index in [2.05, 4.69) is 110 Å². The highest BCUT2D eigenvalue weighted by molar-refractivity contribution is 7.97. The van der Waals surface area contributed by atoms with E-state index in [-0.39, 0.29) is 31.2 Å². The molecule has 5 nitrogen and oxygen atoms in total. The minimum Gasteiger partial charge on any atom is -0.743 e. The fraction of sp³-hybridized carbons (Fsp3) is 0.406. The lowest BCUT2D eigenvalue weighted by Gasteiger charge is -2.24. The lowest BCUT2D eigenvalue weighted by atomic mass is 9.87. The van der Waals surface area contributed by atoms with Crippen molar-refractivity contribution in [2.75, 3.05) is 6.61 Å². The Labute approximate surface area is 248 Å². The highest BCUT2D eigenvalue weighted by Crippen LogP contribution is 2.32. The third-order valence-corrected chi connectivity index (χ3v) is 9.17. The van der Waals surface area contributed by atoms with Gasteiger partial charge in [0, 0.05) is 0 Å². The second-order valence-corrected chi connectivity index (χ2v) is 14.1. The summed E-state index contributed by atoms with van der Waals surface area (Å²) in [4.78, 5) is 15.3. The zero-order chi connectivity index (χ0) is 29.5. The van der Waals surface area contributed by atoms with Crippen molar-refractivity contribution < 1.29 is 31.3 Å². The van der Waals surface area contributed by atoms with Crippen LogP contribution < -0.4 is 0 Å². The van der Waals surface area contributed by atoms with Crippen LogP contribution in [0.15, 0.2) is 99.6 Å². The topological polar surface area (TPSA) is 83.5 Å². The number of benzene rings is 3. The molecule has 9 heteroatoms. The van der Waals surface area contributed by atoms with Crippen LogP contribution in [0.25, 0.3) is 0 Å². The zero-order valence-corrected chi connectivity index (χ0v) is 24.7. The van der Waals surface area contributed by atoms with Crippen molar-refractivity contribution in [2.45, 2.75) is 88.2 Å². The van der Waals surface area contributed by atoms with Crippen molar-refractivity contribution >= 4 is 27.0 Å². The number of hydrogen-bond acceptors (Lipinski definition) is 5. The van der Waals surface area contributed by atoms with Crippen molar-refractivity contribution in [3.05, 3.63) is 90.5 Å². The normalized spacial score (nSPS) is 11.9. The summed E-state index contributed by atoms with van der Waals surface area (Å²) in [6, 6.07) is 30.7. The van der Waals surface area contributed by atoms with Gasteiger partial charge in [0.15, 0.2) is 31.4 Å². The zero-order valence-electron chi connectivity index (χ0n) is 23.1. The first-order chi connectivity index (χ1) is 18.0. The molecule has 41 heavy (non-hydrogen) atoms. The van der Waals surface area contributed by atoms with Gasteiger partial charge in [-0.05, 0) is 67.6 Å². The molecule has 0 unspecified atom stereocenters. The fourth-order valence-corrected chi connectivity index (χ4v) is 5.46. The van der Waals surface area contributed by atoms with E-state index in [1.165, 1.54) is 34.1 Å². The van der Waals surface area contributed by atoms with E-state index in [9.17, 15) is 26.5 Å². The number of hydrogen-bond donors (Lipinski definition) is 0.